The van der Waals surface area contributed by atoms with Crippen LogP contribution in [0.15, 0.2) is 58.2 Å². The molecule has 1 aliphatic rings. The molecule has 7 nitrogen and oxygen atoms in total. The van der Waals surface area contributed by atoms with Crippen LogP contribution in [0.5, 0.6) is 0 Å². The van der Waals surface area contributed by atoms with Gasteiger partial charge in [-0.15, -0.1) is 10.2 Å². The van der Waals surface area contributed by atoms with Gasteiger partial charge < -0.3 is 14.6 Å². The number of anilines is 2. The zero-order valence-corrected chi connectivity index (χ0v) is 17.7. The molecule has 0 aliphatic carbocycles. The molecular formula is C21H19ClN4O3S. The Morgan fingerprint density at radius 2 is 1.93 bits per heavy atom. The minimum Gasteiger partial charge on any atom is -0.416 e. The second-order valence-electron chi connectivity index (χ2n) is 6.99. The summed E-state index contributed by atoms with van der Waals surface area (Å²) in [6.45, 7) is 2.50. The first-order chi connectivity index (χ1) is 14.5. The van der Waals surface area contributed by atoms with E-state index in [4.69, 9.17) is 16.0 Å². The molecule has 1 aliphatic heterocycles. The van der Waals surface area contributed by atoms with Crippen molar-refractivity contribution in [2.24, 2.45) is 0 Å². The molecule has 1 aromatic heterocycles. The molecule has 3 aromatic rings. The Kier molecular flexibility index (Phi) is 6.06. The SMILES string of the molecule is Cc1ccc(N2C[C@@H](c3nnc(SCC(=O)Nc4ccc(Cl)cc4)o3)CC2=O)cc1. The zero-order chi connectivity index (χ0) is 21.1. The number of rotatable bonds is 6. The van der Waals surface area contributed by atoms with Gasteiger partial charge in [-0.2, -0.15) is 0 Å². The number of aryl methyl sites for hydroxylation is 1. The number of carbonyl (C=O) groups excluding carboxylic acids is 2. The van der Waals surface area contributed by atoms with E-state index in [0.29, 0.717) is 34.8 Å². The minimum atomic E-state index is -0.191. The number of nitrogens with one attached hydrogen (secondary N) is 1. The van der Waals surface area contributed by atoms with Gasteiger partial charge >= 0.3 is 0 Å². The third-order valence-corrected chi connectivity index (χ3v) is 5.77. The van der Waals surface area contributed by atoms with E-state index in [1.54, 1.807) is 29.2 Å². The smallest absolute Gasteiger partial charge is 0.277 e. The Balaban J connectivity index is 1.32. The van der Waals surface area contributed by atoms with E-state index in [2.05, 4.69) is 15.5 Å². The number of carbonyl (C=O) groups is 2. The largest absolute Gasteiger partial charge is 0.416 e. The molecule has 1 N–H and O–H groups in total. The fourth-order valence-corrected chi connectivity index (χ4v) is 3.84. The minimum absolute atomic E-state index is 0.0265. The van der Waals surface area contributed by atoms with Gasteiger partial charge in [-0.3, -0.25) is 9.59 Å². The Labute approximate surface area is 182 Å². The second-order valence-corrected chi connectivity index (χ2v) is 8.35. The molecule has 2 aromatic carbocycles. The standard InChI is InChI=1S/C21H19ClN4O3S/c1-13-2-8-17(9-3-13)26-11-14(10-19(26)28)20-24-25-21(29-20)30-12-18(27)23-16-6-4-15(22)5-7-16/h2-9,14H,10-12H2,1H3,(H,23,27)/t14-/m0/s1. The Hall–Kier alpha value is -2.84. The zero-order valence-electron chi connectivity index (χ0n) is 16.2. The highest BCUT2D eigenvalue weighted by atomic mass is 35.5. The molecule has 0 bridgehead atoms. The van der Waals surface area contributed by atoms with Gasteiger partial charge in [0, 0.05) is 29.4 Å². The third kappa shape index (κ3) is 4.83. The average Bonchev–Trinajstić information content (AvgIpc) is 3.35. The predicted octanol–water partition coefficient (Wildman–Crippen LogP) is 4.28. The van der Waals surface area contributed by atoms with Crippen molar-refractivity contribution in [3.8, 4) is 0 Å². The lowest BCUT2D eigenvalue weighted by Crippen LogP contribution is -2.24. The molecular weight excluding hydrogens is 424 g/mol. The number of thioether (sulfide) groups is 1. The van der Waals surface area contributed by atoms with E-state index in [9.17, 15) is 9.59 Å². The maximum atomic E-state index is 12.4. The van der Waals surface area contributed by atoms with E-state index in [1.807, 2.05) is 31.2 Å². The summed E-state index contributed by atoms with van der Waals surface area (Å²) in [4.78, 5) is 26.3. The number of hydrogen-bond donors (Lipinski definition) is 1. The first kappa shape index (κ1) is 20.4. The van der Waals surface area contributed by atoms with Crippen molar-refractivity contribution in [3.05, 3.63) is 65.0 Å². The quantitative estimate of drug-likeness (QED) is 0.573. The number of aromatic nitrogens is 2. The van der Waals surface area contributed by atoms with Crippen molar-refractivity contribution in [3.63, 3.8) is 0 Å². The molecule has 4 rings (SSSR count). The molecule has 9 heteroatoms. The molecule has 0 unspecified atom stereocenters. The first-order valence-corrected chi connectivity index (χ1v) is 10.7. The number of benzene rings is 2. The van der Waals surface area contributed by atoms with E-state index < -0.39 is 0 Å². The van der Waals surface area contributed by atoms with Gasteiger partial charge in [-0.1, -0.05) is 41.1 Å². The number of halogens is 1. The summed E-state index contributed by atoms with van der Waals surface area (Å²) >= 11 is 6.99. The van der Waals surface area contributed by atoms with E-state index >= 15 is 0 Å². The highest BCUT2D eigenvalue weighted by Crippen LogP contribution is 2.32. The van der Waals surface area contributed by atoms with Gasteiger partial charge in [-0.05, 0) is 43.3 Å². The van der Waals surface area contributed by atoms with Gasteiger partial charge in [-0.25, -0.2) is 0 Å². The van der Waals surface area contributed by atoms with Crippen LogP contribution >= 0.6 is 23.4 Å². The van der Waals surface area contributed by atoms with Crippen LogP contribution in [0.3, 0.4) is 0 Å². The van der Waals surface area contributed by atoms with Crippen LogP contribution in [0.2, 0.25) is 5.02 Å². The third-order valence-electron chi connectivity index (χ3n) is 4.70. The first-order valence-electron chi connectivity index (χ1n) is 9.36. The lowest BCUT2D eigenvalue weighted by molar-refractivity contribution is -0.117. The fourth-order valence-electron chi connectivity index (χ4n) is 3.15. The second kappa shape index (κ2) is 8.89. The topological polar surface area (TPSA) is 88.3 Å². The predicted molar refractivity (Wildman–Crippen MR) is 116 cm³/mol. The summed E-state index contributed by atoms with van der Waals surface area (Å²) in [6, 6.07) is 14.7. The molecule has 30 heavy (non-hydrogen) atoms. The maximum Gasteiger partial charge on any atom is 0.277 e. The number of nitrogens with zero attached hydrogens (tertiary/aromatic N) is 3. The summed E-state index contributed by atoms with van der Waals surface area (Å²) in [5.41, 5.74) is 2.67. The van der Waals surface area contributed by atoms with Crippen molar-refractivity contribution < 1.29 is 14.0 Å². The van der Waals surface area contributed by atoms with Gasteiger partial charge in [0.25, 0.3) is 5.22 Å². The molecule has 1 fully saturated rings. The monoisotopic (exact) mass is 442 g/mol. The van der Waals surface area contributed by atoms with Crippen LogP contribution in [-0.2, 0) is 9.59 Å². The molecule has 1 saturated heterocycles. The molecule has 154 valence electrons. The van der Waals surface area contributed by atoms with E-state index in [0.717, 1.165) is 23.0 Å². The van der Waals surface area contributed by atoms with Crippen LogP contribution < -0.4 is 10.2 Å². The van der Waals surface area contributed by atoms with Crippen LogP contribution in [0.1, 0.15) is 23.8 Å². The number of amides is 2. The normalized spacial score (nSPS) is 16.1. The van der Waals surface area contributed by atoms with Crippen LogP contribution in [0.4, 0.5) is 11.4 Å². The Morgan fingerprint density at radius 3 is 2.67 bits per heavy atom. The van der Waals surface area contributed by atoms with Gasteiger partial charge in [0.1, 0.15) is 0 Å². The van der Waals surface area contributed by atoms with Crippen LogP contribution in [-0.4, -0.2) is 34.3 Å². The maximum absolute atomic E-state index is 12.4. The number of hydrogen-bond acceptors (Lipinski definition) is 6. The summed E-state index contributed by atoms with van der Waals surface area (Å²) < 4.78 is 5.70. The molecule has 2 heterocycles. The van der Waals surface area contributed by atoms with E-state index in [-0.39, 0.29) is 23.5 Å². The molecule has 0 spiro atoms. The van der Waals surface area contributed by atoms with Gasteiger partial charge in [0.2, 0.25) is 17.7 Å². The average molecular weight is 443 g/mol. The van der Waals surface area contributed by atoms with Gasteiger partial charge in [0.15, 0.2) is 0 Å². The summed E-state index contributed by atoms with van der Waals surface area (Å²) in [5.74, 6) is 0.216. The van der Waals surface area contributed by atoms with Crippen molar-refractivity contribution in [2.75, 3.05) is 22.5 Å². The van der Waals surface area contributed by atoms with E-state index in [1.165, 1.54) is 0 Å². The fraction of sp³-hybridized carbons (Fsp3) is 0.238. The van der Waals surface area contributed by atoms with Crippen LogP contribution in [0.25, 0.3) is 0 Å². The Morgan fingerprint density at radius 1 is 1.20 bits per heavy atom. The molecule has 1 atom stereocenters. The van der Waals surface area contributed by atoms with Crippen LogP contribution in [0, 0.1) is 6.92 Å². The highest BCUT2D eigenvalue weighted by molar-refractivity contribution is 7.99. The molecule has 0 radical (unpaired) electrons. The lowest BCUT2D eigenvalue weighted by Gasteiger charge is -2.16. The van der Waals surface area contributed by atoms with Crippen molar-refractivity contribution in [1.82, 2.24) is 10.2 Å². The molecule has 0 saturated carbocycles. The van der Waals surface area contributed by atoms with Gasteiger partial charge in [0.05, 0.1) is 11.7 Å². The summed E-state index contributed by atoms with van der Waals surface area (Å²) in [5, 5.41) is 11.8. The lowest BCUT2D eigenvalue weighted by atomic mass is 10.1. The molecule has 2 amide bonds. The summed E-state index contributed by atoms with van der Waals surface area (Å²) in [6.07, 6.45) is 0.317. The summed E-state index contributed by atoms with van der Waals surface area (Å²) in [7, 11) is 0. The Bertz CT molecular complexity index is 1050. The van der Waals surface area contributed by atoms with Crippen molar-refractivity contribution in [1.29, 1.82) is 0 Å². The van der Waals surface area contributed by atoms with Crippen molar-refractivity contribution >= 4 is 46.6 Å². The van der Waals surface area contributed by atoms with Crippen molar-refractivity contribution in [2.45, 2.75) is 24.5 Å². The highest BCUT2D eigenvalue weighted by Gasteiger charge is 2.35.